The van der Waals surface area contributed by atoms with Crippen molar-refractivity contribution in [2.75, 3.05) is 9.80 Å². The van der Waals surface area contributed by atoms with E-state index >= 15 is 0 Å². The molecule has 2 nitrogen and oxygen atoms in total. The van der Waals surface area contributed by atoms with Crippen molar-refractivity contribution in [1.29, 1.82) is 0 Å². The maximum absolute atomic E-state index is 2.51. The number of hydrogen-bond acceptors (Lipinski definition) is 2. The third-order valence-electron chi connectivity index (χ3n) is 13.0. The number of nitrogens with zero attached hydrogens (tertiary/aromatic N) is 2. The van der Waals surface area contributed by atoms with E-state index in [1.807, 2.05) is 0 Å². The Morgan fingerprint density at radius 1 is 0.250 bits per heavy atom. The number of rotatable bonds is 6. The summed E-state index contributed by atoms with van der Waals surface area (Å²) in [6.45, 7) is 26.8. The fourth-order valence-corrected chi connectivity index (χ4v) is 8.70. The first-order valence-corrected chi connectivity index (χ1v) is 20.0. The second kappa shape index (κ2) is 14.0. The van der Waals surface area contributed by atoms with Crippen LogP contribution in [0, 0.1) is 83.1 Å². The summed E-state index contributed by atoms with van der Waals surface area (Å²) in [5.74, 6) is 0. The molecule has 56 heavy (non-hydrogen) atoms. The zero-order valence-electron chi connectivity index (χ0n) is 35.3. The zero-order valence-corrected chi connectivity index (χ0v) is 35.3. The van der Waals surface area contributed by atoms with Crippen LogP contribution in [0.25, 0.3) is 32.3 Å². The van der Waals surface area contributed by atoms with E-state index in [-0.39, 0.29) is 0 Å². The second-order valence-corrected chi connectivity index (χ2v) is 16.5. The lowest BCUT2D eigenvalue weighted by atomic mass is 9.92. The van der Waals surface area contributed by atoms with Gasteiger partial charge in [0.25, 0.3) is 0 Å². The quantitative estimate of drug-likeness (QED) is 0.157. The maximum Gasteiger partial charge on any atom is 0.0546 e. The van der Waals surface area contributed by atoms with Crippen molar-refractivity contribution < 1.29 is 0 Å². The van der Waals surface area contributed by atoms with Crippen LogP contribution in [0.2, 0.25) is 0 Å². The summed E-state index contributed by atoms with van der Waals surface area (Å²) in [5, 5.41) is 7.43. The van der Waals surface area contributed by atoms with Gasteiger partial charge in [-0.05, 0) is 232 Å². The summed E-state index contributed by atoms with van der Waals surface area (Å²) < 4.78 is 0. The van der Waals surface area contributed by atoms with Crippen molar-refractivity contribution in [2.45, 2.75) is 83.1 Å². The average Bonchev–Trinajstić information content (AvgIpc) is 3.17. The summed E-state index contributed by atoms with van der Waals surface area (Å²) in [6.07, 6.45) is 0. The lowest BCUT2D eigenvalue weighted by Crippen LogP contribution is -2.13. The van der Waals surface area contributed by atoms with Gasteiger partial charge in [-0.3, -0.25) is 0 Å². The minimum absolute atomic E-state index is 1.18. The summed E-state index contributed by atoms with van der Waals surface area (Å²) in [4.78, 5) is 5.01. The molecule has 0 spiro atoms. The molecule has 0 bridgehead atoms. The highest BCUT2D eigenvalue weighted by atomic mass is 15.2. The molecule has 0 atom stereocenters. The Hall–Kier alpha value is -5.86. The highest BCUT2D eigenvalue weighted by Gasteiger charge is 2.24. The standard InChI is InChI=1S/C54H54N2/c1-31-21-43(22-32(2)39(31)9)55(44-23-33(3)40(10)34(4)24-44)53-29-51-48-18-14-16-20-50(48)54(30-52(51)47-17-13-15-19-49(47)53)56(45-25-35(5)41(11)36(6)26-45)46-27-37(7)42(12)38(8)28-46/h13-30H,1-12H3. The number of aryl methyl sites for hydroxylation is 8. The molecule has 0 fully saturated rings. The van der Waals surface area contributed by atoms with E-state index in [1.165, 1.54) is 133 Å². The third kappa shape index (κ3) is 6.13. The predicted octanol–water partition coefficient (Wildman–Crippen LogP) is 15.8. The topological polar surface area (TPSA) is 6.48 Å². The van der Waals surface area contributed by atoms with Crippen molar-refractivity contribution >= 4 is 66.4 Å². The number of anilines is 6. The Bertz CT molecular complexity index is 2480. The minimum Gasteiger partial charge on any atom is -0.310 e. The fourth-order valence-electron chi connectivity index (χ4n) is 8.70. The van der Waals surface area contributed by atoms with Crippen LogP contribution in [0.5, 0.6) is 0 Å². The summed E-state index contributed by atoms with van der Waals surface area (Å²) in [5.41, 5.74) is 22.9. The Morgan fingerprint density at radius 2 is 0.464 bits per heavy atom. The number of hydrogen-bond donors (Lipinski definition) is 0. The van der Waals surface area contributed by atoms with Crippen molar-refractivity contribution in [1.82, 2.24) is 0 Å². The molecule has 0 heterocycles. The lowest BCUT2D eigenvalue weighted by Gasteiger charge is -2.31. The molecule has 0 saturated heterocycles. The maximum atomic E-state index is 2.51. The average molecular weight is 731 g/mol. The summed E-state index contributed by atoms with van der Waals surface area (Å²) in [6, 6.07) is 41.9. The van der Waals surface area contributed by atoms with Crippen LogP contribution in [-0.2, 0) is 0 Å². The molecule has 0 aliphatic heterocycles. The van der Waals surface area contributed by atoms with Gasteiger partial charge in [0.1, 0.15) is 0 Å². The molecule has 0 unspecified atom stereocenters. The monoisotopic (exact) mass is 730 g/mol. The molecule has 8 rings (SSSR count). The molecule has 8 aromatic carbocycles. The van der Waals surface area contributed by atoms with Crippen LogP contribution in [0.1, 0.15) is 66.8 Å². The molecule has 0 saturated carbocycles. The fraction of sp³-hybridized carbons (Fsp3) is 0.222. The van der Waals surface area contributed by atoms with E-state index in [0.717, 1.165) is 0 Å². The number of benzene rings is 8. The Labute approximate surface area is 334 Å². The van der Waals surface area contributed by atoms with Crippen LogP contribution in [0.3, 0.4) is 0 Å². The van der Waals surface area contributed by atoms with Crippen molar-refractivity contribution in [2.24, 2.45) is 0 Å². The SMILES string of the molecule is Cc1cc(N(c2cc(C)c(C)c(C)c2)c2cc3c4ccccc4c(N(c4cc(C)c(C)c(C)c4)c4cc(C)c(C)c(C)c4)cc3c3ccccc23)cc(C)c1C. The van der Waals surface area contributed by atoms with E-state index in [2.05, 4.69) is 202 Å². The highest BCUT2D eigenvalue weighted by molar-refractivity contribution is 6.24. The lowest BCUT2D eigenvalue weighted by molar-refractivity contribution is 1.19. The number of fused-ring (bicyclic) bond motifs is 5. The van der Waals surface area contributed by atoms with Gasteiger partial charge in [-0.1, -0.05) is 48.5 Å². The smallest absolute Gasteiger partial charge is 0.0546 e. The molecule has 0 aromatic heterocycles. The molecule has 0 radical (unpaired) electrons. The Balaban J connectivity index is 1.50. The summed E-state index contributed by atoms with van der Waals surface area (Å²) >= 11 is 0. The molecule has 0 aliphatic rings. The zero-order chi connectivity index (χ0) is 39.7. The van der Waals surface area contributed by atoms with Gasteiger partial charge in [0.2, 0.25) is 0 Å². The molecule has 0 amide bonds. The molecule has 2 heteroatoms. The van der Waals surface area contributed by atoms with Gasteiger partial charge in [0.05, 0.1) is 11.4 Å². The Morgan fingerprint density at radius 3 is 0.696 bits per heavy atom. The van der Waals surface area contributed by atoms with Crippen LogP contribution in [0.4, 0.5) is 34.1 Å². The predicted molar refractivity (Wildman–Crippen MR) is 245 cm³/mol. The van der Waals surface area contributed by atoms with Crippen LogP contribution < -0.4 is 9.80 Å². The van der Waals surface area contributed by atoms with E-state index in [4.69, 9.17) is 0 Å². The molecular formula is C54H54N2. The second-order valence-electron chi connectivity index (χ2n) is 16.5. The molecular weight excluding hydrogens is 677 g/mol. The first kappa shape index (κ1) is 37.1. The Kier molecular flexibility index (Phi) is 9.28. The molecule has 0 N–H and O–H groups in total. The minimum atomic E-state index is 1.18. The normalized spacial score (nSPS) is 11.6. The van der Waals surface area contributed by atoms with Gasteiger partial charge in [-0.15, -0.1) is 0 Å². The van der Waals surface area contributed by atoms with E-state index in [9.17, 15) is 0 Å². The van der Waals surface area contributed by atoms with Crippen LogP contribution in [-0.4, -0.2) is 0 Å². The largest absolute Gasteiger partial charge is 0.310 e. The first-order valence-electron chi connectivity index (χ1n) is 20.0. The van der Waals surface area contributed by atoms with E-state index < -0.39 is 0 Å². The van der Waals surface area contributed by atoms with Gasteiger partial charge < -0.3 is 9.80 Å². The molecule has 280 valence electrons. The molecule has 8 aromatic rings. The third-order valence-corrected chi connectivity index (χ3v) is 13.0. The van der Waals surface area contributed by atoms with Gasteiger partial charge >= 0.3 is 0 Å². The van der Waals surface area contributed by atoms with Crippen LogP contribution in [0.15, 0.2) is 109 Å². The molecule has 0 aliphatic carbocycles. The van der Waals surface area contributed by atoms with Crippen molar-refractivity contribution in [3.63, 3.8) is 0 Å². The van der Waals surface area contributed by atoms with E-state index in [0.29, 0.717) is 0 Å². The van der Waals surface area contributed by atoms with Gasteiger partial charge in [-0.2, -0.15) is 0 Å². The van der Waals surface area contributed by atoms with Gasteiger partial charge in [0, 0.05) is 33.5 Å². The van der Waals surface area contributed by atoms with Gasteiger partial charge in [-0.25, -0.2) is 0 Å². The highest BCUT2D eigenvalue weighted by Crippen LogP contribution is 2.49. The van der Waals surface area contributed by atoms with E-state index in [1.54, 1.807) is 0 Å². The first-order chi connectivity index (χ1) is 26.7. The van der Waals surface area contributed by atoms with Crippen molar-refractivity contribution in [3.05, 3.63) is 176 Å². The van der Waals surface area contributed by atoms with Crippen LogP contribution >= 0.6 is 0 Å². The van der Waals surface area contributed by atoms with Crippen molar-refractivity contribution in [3.8, 4) is 0 Å². The van der Waals surface area contributed by atoms with Gasteiger partial charge in [0.15, 0.2) is 0 Å². The summed E-state index contributed by atoms with van der Waals surface area (Å²) in [7, 11) is 0.